The molecule has 0 aliphatic heterocycles. The van der Waals surface area contributed by atoms with Gasteiger partial charge in [0, 0.05) is 30.5 Å². The van der Waals surface area contributed by atoms with Gasteiger partial charge in [0.15, 0.2) is 5.78 Å². The first-order chi connectivity index (χ1) is 11.8. The fourth-order valence-electron chi connectivity index (χ4n) is 3.12. The SMILES string of the molecule is CC(C)C1CC(=O)c2c(oc(O)c2C(=O)c2ccc([N+](=O)[O-])cc2)C1. The third kappa shape index (κ3) is 2.93. The van der Waals surface area contributed by atoms with Crippen LogP contribution in [0.4, 0.5) is 5.69 Å². The van der Waals surface area contributed by atoms with Crippen LogP contribution in [0.5, 0.6) is 5.95 Å². The molecule has 1 aliphatic rings. The number of fused-ring (bicyclic) bond motifs is 1. The fraction of sp³-hybridized carbons (Fsp3) is 0.333. The van der Waals surface area contributed by atoms with Crippen LogP contribution in [0.3, 0.4) is 0 Å². The molecule has 3 rings (SSSR count). The minimum Gasteiger partial charge on any atom is -0.480 e. The Morgan fingerprint density at radius 2 is 1.92 bits per heavy atom. The highest BCUT2D eigenvalue weighted by Crippen LogP contribution is 2.39. The summed E-state index contributed by atoms with van der Waals surface area (Å²) in [4.78, 5) is 35.3. The van der Waals surface area contributed by atoms with Crippen molar-refractivity contribution in [3.63, 3.8) is 0 Å². The lowest BCUT2D eigenvalue weighted by Gasteiger charge is -2.23. The molecule has 1 aromatic heterocycles. The van der Waals surface area contributed by atoms with Crippen LogP contribution in [0.25, 0.3) is 0 Å². The molecule has 0 spiro atoms. The van der Waals surface area contributed by atoms with Crippen LogP contribution in [0.15, 0.2) is 28.7 Å². The predicted octanol–water partition coefficient (Wildman–Crippen LogP) is 3.53. The van der Waals surface area contributed by atoms with Crippen LogP contribution >= 0.6 is 0 Å². The third-order valence-corrected chi connectivity index (χ3v) is 4.65. The molecule has 1 atom stereocenters. The quantitative estimate of drug-likeness (QED) is 0.516. The first kappa shape index (κ1) is 16.9. The van der Waals surface area contributed by atoms with Crippen molar-refractivity contribution in [1.82, 2.24) is 0 Å². The second kappa shape index (κ2) is 6.16. The average molecular weight is 343 g/mol. The highest BCUT2D eigenvalue weighted by atomic mass is 16.6. The lowest BCUT2D eigenvalue weighted by atomic mass is 9.79. The molecule has 0 amide bonds. The van der Waals surface area contributed by atoms with Gasteiger partial charge in [-0.2, -0.15) is 0 Å². The first-order valence-corrected chi connectivity index (χ1v) is 7.96. The molecule has 0 saturated carbocycles. The van der Waals surface area contributed by atoms with Crippen molar-refractivity contribution in [2.45, 2.75) is 26.7 Å². The van der Waals surface area contributed by atoms with Gasteiger partial charge in [-0.05, 0) is 24.0 Å². The van der Waals surface area contributed by atoms with Gasteiger partial charge in [0.1, 0.15) is 11.3 Å². The summed E-state index contributed by atoms with van der Waals surface area (Å²) in [7, 11) is 0. The number of Topliss-reactive ketones (excluding diaryl/α,β-unsaturated/α-hetero) is 1. The number of ketones is 2. The van der Waals surface area contributed by atoms with Gasteiger partial charge in [-0.25, -0.2) is 0 Å². The Balaban J connectivity index is 2.00. The summed E-state index contributed by atoms with van der Waals surface area (Å²) in [6.45, 7) is 4.02. The molecule has 1 unspecified atom stereocenters. The van der Waals surface area contributed by atoms with Crippen LogP contribution in [0.1, 0.15) is 52.3 Å². The standard InChI is InChI=1S/C18H17NO6/c1-9(2)11-7-13(20)15-14(8-11)25-18(22)16(15)17(21)10-3-5-12(6-4-10)19(23)24/h3-6,9,11,22H,7-8H2,1-2H3. The first-order valence-electron chi connectivity index (χ1n) is 7.96. The normalized spacial score (nSPS) is 16.8. The van der Waals surface area contributed by atoms with Crippen molar-refractivity contribution < 1.29 is 24.0 Å². The Kier molecular flexibility index (Phi) is 4.16. The second-order valence-electron chi connectivity index (χ2n) is 6.55. The number of carbonyl (C=O) groups excluding carboxylic acids is 2. The summed E-state index contributed by atoms with van der Waals surface area (Å²) in [5, 5.41) is 20.8. The Bertz CT molecular complexity index is 862. The highest BCUT2D eigenvalue weighted by molar-refractivity contribution is 6.17. The molecule has 1 aromatic carbocycles. The maximum absolute atomic E-state index is 12.7. The summed E-state index contributed by atoms with van der Waals surface area (Å²) in [6, 6.07) is 4.99. The number of benzene rings is 1. The molecule has 0 radical (unpaired) electrons. The molecule has 0 fully saturated rings. The highest BCUT2D eigenvalue weighted by Gasteiger charge is 2.37. The van der Waals surface area contributed by atoms with E-state index >= 15 is 0 Å². The molecule has 2 aromatic rings. The number of hydrogen-bond donors (Lipinski definition) is 1. The zero-order valence-electron chi connectivity index (χ0n) is 13.8. The fourth-order valence-corrected chi connectivity index (χ4v) is 3.12. The van der Waals surface area contributed by atoms with E-state index in [0.717, 1.165) is 0 Å². The Labute approximate surface area is 143 Å². The van der Waals surface area contributed by atoms with Gasteiger partial charge in [0.2, 0.25) is 5.78 Å². The van der Waals surface area contributed by atoms with E-state index in [0.29, 0.717) is 18.6 Å². The Morgan fingerprint density at radius 1 is 1.28 bits per heavy atom. The largest absolute Gasteiger partial charge is 0.480 e. The lowest BCUT2D eigenvalue weighted by Crippen LogP contribution is -2.24. The molecule has 1 heterocycles. The molecule has 7 heteroatoms. The van der Waals surface area contributed by atoms with Gasteiger partial charge in [0.05, 0.1) is 10.5 Å². The van der Waals surface area contributed by atoms with Gasteiger partial charge in [-0.3, -0.25) is 19.7 Å². The van der Waals surface area contributed by atoms with E-state index in [-0.39, 0.29) is 40.0 Å². The van der Waals surface area contributed by atoms with E-state index in [2.05, 4.69) is 0 Å². The monoisotopic (exact) mass is 343 g/mol. The zero-order chi connectivity index (χ0) is 18.3. The number of rotatable bonds is 4. The minimum atomic E-state index is -0.589. The Hall–Kier alpha value is -2.96. The average Bonchev–Trinajstić information content (AvgIpc) is 2.90. The smallest absolute Gasteiger partial charge is 0.294 e. The van der Waals surface area contributed by atoms with Gasteiger partial charge < -0.3 is 9.52 Å². The summed E-state index contributed by atoms with van der Waals surface area (Å²) < 4.78 is 5.30. The van der Waals surface area contributed by atoms with Crippen molar-refractivity contribution in [1.29, 1.82) is 0 Å². The van der Waals surface area contributed by atoms with Gasteiger partial charge in [0.25, 0.3) is 11.6 Å². The molecule has 1 aliphatic carbocycles. The van der Waals surface area contributed by atoms with E-state index in [9.17, 15) is 24.8 Å². The minimum absolute atomic E-state index is 0.105. The maximum atomic E-state index is 12.7. The van der Waals surface area contributed by atoms with E-state index in [1.54, 1.807) is 0 Å². The summed E-state index contributed by atoms with van der Waals surface area (Å²) in [5.74, 6) is -0.683. The molecule has 1 N–H and O–H groups in total. The summed E-state index contributed by atoms with van der Waals surface area (Å²) in [5.41, 5.74) is -0.0251. The number of hydrogen-bond acceptors (Lipinski definition) is 6. The van der Waals surface area contributed by atoms with Crippen LogP contribution in [-0.2, 0) is 6.42 Å². The van der Waals surface area contributed by atoms with Crippen molar-refractivity contribution in [2.24, 2.45) is 11.8 Å². The van der Waals surface area contributed by atoms with Crippen LogP contribution in [0, 0.1) is 22.0 Å². The number of non-ortho nitro benzene ring substituents is 1. The number of aromatic hydroxyl groups is 1. The topological polar surface area (TPSA) is 111 Å². The van der Waals surface area contributed by atoms with Crippen LogP contribution in [0.2, 0.25) is 0 Å². The van der Waals surface area contributed by atoms with Crippen LogP contribution in [-0.4, -0.2) is 21.6 Å². The maximum Gasteiger partial charge on any atom is 0.294 e. The number of nitro benzene ring substituents is 1. The number of nitro groups is 1. The second-order valence-corrected chi connectivity index (χ2v) is 6.55. The van der Waals surface area contributed by atoms with Crippen molar-refractivity contribution in [2.75, 3.05) is 0 Å². The summed E-state index contributed by atoms with van der Waals surface area (Å²) >= 11 is 0. The van der Waals surface area contributed by atoms with E-state index in [1.807, 2.05) is 13.8 Å². The molecule has 130 valence electrons. The van der Waals surface area contributed by atoms with Crippen molar-refractivity contribution in [3.05, 3.63) is 56.8 Å². The lowest BCUT2D eigenvalue weighted by molar-refractivity contribution is -0.384. The van der Waals surface area contributed by atoms with E-state index in [4.69, 9.17) is 4.42 Å². The molecular formula is C18H17NO6. The molecule has 0 bridgehead atoms. The molecule has 0 saturated heterocycles. The molecule has 7 nitrogen and oxygen atoms in total. The van der Waals surface area contributed by atoms with Crippen LogP contribution < -0.4 is 0 Å². The van der Waals surface area contributed by atoms with E-state index in [1.165, 1.54) is 24.3 Å². The van der Waals surface area contributed by atoms with Crippen molar-refractivity contribution >= 4 is 17.3 Å². The van der Waals surface area contributed by atoms with Gasteiger partial charge >= 0.3 is 0 Å². The predicted molar refractivity (Wildman–Crippen MR) is 87.9 cm³/mol. The van der Waals surface area contributed by atoms with Gasteiger partial charge in [-0.1, -0.05) is 13.8 Å². The number of carbonyl (C=O) groups is 2. The molecular weight excluding hydrogens is 326 g/mol. The van der Waals surface area contributed by atoms with Crippen molar-refractivity contribution in [3.8, 4) is 5.95 Å². The van der Waals surface area contributed by atoms with E-state index < -0.39 is 16.7 Å². The van der Waals surface area contributed by atoms with Gasteiger partial charge in [-0.15, -0.1) is 0 Å². The Morgan fingerprint density at radius 3 is 2.48 bits per heavy atom. The molecule has 25 heavy (non-hydrogen) atoms. The zero-order valence-corrected chi connectivity index (χ0v) is 13.8. The number of nitrogens with zero attached hydrogens (tertiary/aromatic N) is 1. The summed E-state index contributed by atoms with van der Waals surface area (Å²) in [6.07, 6.45) is 0.782. The number of furan rings is 1. The third-order valence-electron chi connectivity index (χ3n) is 4.65.